The van der Waals surface area contributed by atoms with Crippen molar-refractivity contribution in [2.75, 3.05) is 0 Å². The van der Waals surface area contributed by atoms with Gasteiger partial charge < -0.3 is 9.67 Å². The summed E-state index contributed by atoms with van der Waals surface area (Å²) < 4.78 is 2.04. The van der Waals surface area contributed by atoms with Gasteiger partial charge in [-0.25, -0.2) is 0 Å². The summed E-state index contributed by atoms with van der Waals surface area (Å²) in [5.41, 5.74) is 2.26. The Morgan fingerprint density at radius 2 is 2.12 bits per heavy atom. The summed E-state index contributed by atoms with van der Waals surface area (Å²) in [6.45, 7) is 1.95. The summed E-state index contributed by atoms with van der Waals surface area (Å²) in [5.74, 6) is -0.705. The lowest BCUT2D eigenvalue weighted by Gasteiger charge is -2.06. The molecule has 0 aliphatic heterocycles. The third kappa shape index (κ3) is 1.81. The van der Waals surface area contributed by atoms with Crippen LogP contribution in [0.4, 0.5) is 0 Å². The predicted octanol–water partition coefficient (Wildman–Crippen LogP) is 2.76. The van der Waals surface area contributed by atoms with Crippen LogP contribution in [-0.2, 0) is 11.8 Å². The molecule has 0 saturated carbocycles. The second-order valence-corrected chi connectivity index (χ2v) is 4.21. The van der Waals surface area contributed by atoms with Gasteiger partial charge in [-0.3, -0.25) is 4.79 Å². The van der Waals surface area contributed by atoms with Gasteiger partial charge in [0.15, 0.2) is 0 Å². The molecule has 16 heavy (non-hydrogen) atoms. The Hall–Kier alpha value is -1.77. The van der Waals surface area contributed by atoms with Crippen LogP contribution in [0.25, 0.3) is 10.9 Å². The van der Waals surface area contributed by atoms with E-state index in [1.54, 1.807) is 0 Å². The van der Waals surface area contributed by atoms with E-state index in [1.807, 2.05) is 49.0 Å². The zero-order valence-electron chi connectivity index (χ0n) is 9.47. The van der Waals surface area contributed by atoms with Crippen LogP contribution in [0.1, 0.15) is 24.8 Å². The van der Waals surface area contributed by atoms with Gasteiger partial charge in [0.25, 0.3) is 0 Å². The van der Waals surface area contributed by atoms with Crippen molar-refractivity contribution >= 4 is 16.9 Å². The van der Waals surface area contributed by atoms with Crippen LogP contribution in [0.5, 0.6) is 0 Å². The molecule has 0 spiro atoms. The number of benzene rings is 1. The summed E-state index contributed by atoms with van der Waals surface area (Å²) >= 11 is 0. The summed E-state index contributed by atoms with van der Waals surface area (Å²) in [5, 5.41) is 9.97. The molecule has 0 aliphatic carbocycles. The maximum atomic E-state index is 10.7. The average molecular weight is 217 g/mol. The Morgan fingerprint density at radius 1 is 1.44 bits per heavy atom. The standard InChI is InChI=1S/C13H15NO2/c1-9(7-13(15)16)11-8-14(2)12-6-4-3-5-10(11)12/h3-6,8-9H,7H2,1-2H3,(H,15,16)/t9-/m1/s1. The van der Waals surface area contributed by atoms with E-state index >= 15 is 0 Å². The normalized spacial score (nSPS) is 12.9. The molecule has 0 saturated heterocycles. The largest absolute Gasteiger partial charge is 0.481 e. The second kappa shape index (κ2) is 4.00. The minimum Gasteiger partial charge on any atom is -0.481 e. The monoisotopic (exact) mass is 217 g/mol. The van der Waals surface area contributed by atoms with Crippen LogP contribution in [-0.4, -0.2) is 15.6 Å². The molecule has 1 atom stereocenters. The first kappa shape index (κ1) is 10.7. The average Bonchev–Trinajstić information content (AvgIpc) is 2.56. The number of aryl methyl sites for hydroxylation is 1. The van der Waals surface area contributed by atoms with E-state index in [-0.39, 0.29) is 12.3 Å². The number of aromatic nitrogens is 1. The van der Waals surface area contributed by atoms with Gasteiger partial charge in [-0.1, -0.05) is 25.1 Å². The van der Waals surface area contributed by atoms with Crippen LogP contribution >= 0.6 is 0 Å². The molecule has 3 nitrogen and oxygen atoms in total. The quantitative estimate of drug-likeness (QED) is 0.859. The molecule has 2 aromatic rings. The Bertz CT molecular complexity index is 528. The summed E-state index contributed by atoms with van der Waals surface area (Å²) in [6.07, 6.45) is 2.20. The lowest BCUT2D eigenvalue weighted by atomic mass is 9.97. The van der Waals surface area contributed by atoms with Crippen molar-refractivity contribution in [3.63, 3.8) is 0 Å². The van der Waals surface area contributed by atoms with Crippen molar-refractivity contribution in [1.29, 1.82) is 0 Å². The molecule has 0 fully saturated rings. The molecule has 0 bridgehead atoms. The lowest BCUT2D eigenvalue weighted by molar-refractivity contribution is -0.137. The van der Waals surface area contributed by atoms with Gasteiger partial charge in [-0.15, -0.1) is 0 Å². The fourth-order valence-corrected chi connectivity index (χ4v) is 2.14. The molecule has 1 heterocycles. The SMILES string of the molecule is C[C@H](CC(=O)O)c1cn(C)c2ccccc12. The van der Waals surface area contributed by atoms with Crippen molar-refractivity contribution in [2.45, 2.75) is 19.3 Å². The molecule has 2 rings (SSSR count). The van der Waals surface area contributed by atoms with E-state index in [9.17, 15) is 4.79 Å². The Labute approximate surface area is 94.3 Å². The molecule has 1 aromatic carbocycles. The maximum Gasteiger partial charge on any atom is 0.303 e. The van der Waals surface area contributed by atoms with Crippen LogP contribution in [0.3, 0.4) is 0 Å². The zero-order valence-corrected chi connectivity index (χ0v) is 9.47. The number of aliphatic carboxylic acids is 1. The van der Waals surface area contributed by atoms with Crippen LogP contribution < -0.4 is 0 Å². The van der Waals surface area contributed by atoms with E-state index < -0.39 is 5.97 Å². The zero-order chi connectivity index (χ0) is 11.7. The first-order valence-electron chi connectivity index (χ1n) is 5.35. The molecule has 0 radical (unpaired) electrons. The van der Waals surface area contributed by atoms with Gasteiger partial charge in [-0.2, -0.15) is 0 Å². The number of nitrogens with zero attached hydrogens (tertiary/aromatic N) is 1. The molecule has 1 N–H and O–H groups in total. The number of carboxylic acids is 1. The Kier molecular flexibility index (Phi) is 2.69. The Morgan fingerprint density at radius 3 is 2.81 bits per heavy atom. The van der Waals surface area contributed by atoms with E-state index in [0.29, 0.717) is 0 Å². The topological polar surface area (TPSA) is 42.2 Å². The summed E-state index contributed by atoms with van der Waals surface area (Å²) in [6, 6.07) is 8.07. The van der Waals surface area contributed by atoms with Crippen molar-refractivity contribution in [2.24, 2.45) is 7.05 Å². The first-order valence-corrected chi connectivity index (χ1v) is 5.35. The van der Waals surface area contributed by atoms with E-state index in [4.69, 9.17) is 5.11 Å². The van der Waals surface area contributed by atoms with Crippen molar-refractivity contribution in [1.82, 2.24) is 4.57 Å². The van der Waals surface area contributed by atoms with E-state index in [1.165, 1.54) is 0 Å². The van der Waals surface area contributed by atoms with Gasteiger partial charge in [0.1, 0.15) is 0 Å². The number of carboxylic acid groups (broad SMARTS) is 1. The number of para-hydroxylation sites is 1. The van der Waals surface area contributed by atoms with E-state index in [2.05, 4.69) is 0 Å². The third-order valence-electron chi connectivity index (χ3n) is 2.94. The number of carbonyl (C=O) groups is 1. The van der Waals surface area contributed by atoms with Crippen LogP contribution in [0.15, 0.2) is 30.5 Å². The smallest absolute Gasteiger partial charge is 0.303 e. The maximum absolute atomic E-state index is 10.7. The molecule has 0 aliphatic rings. The minimum atomic E-state index is -0.750. The second-order valence-electron chi connectivity index (χ2n) is 4.21. The number of rotatable bonds is 3. The summed E-state index contributed by atoms with van der Waals surface area (Å²) in [4.78, 5) is 10.7. The molecular formula is C13H15NO2. The van der Waals surface area contributed by atoms with Gasteiger partial charge in [0.05, 0.1) is 6.42 Å². The van der Waals surface area contributed by atoms with Crippen molar-refractivity contribution < 1.29 is 9.90 Å². The van der Waals surface area contributed by atoms with Gasteiger partial charge in [-0.05, 0) is 17.5 Å². The highest BCUT2D eigenvalue weighted by atomic mass is 16.4. The summed E-state index contributed by atoms with van der Waals surface area (Å²) in [7, 11) is 1.99. The molecule has 3 heteroatoms. The molecular weight excluding hydrogens is 202 g/mol. The molecule has 84 valence electrons. The fourth-order valence-electron chi connectivity index (χ4n) is 2.14. The van der Waals surface area contributed by atoms with Crippen molar-refractivity contribution in [3.8, 4) is 0 Å². The van der Waals surface area contributed by atoms with Crippen LogP contribution in [0, 0.1) is 0 Å². The van der Waals surface area contributed by atoms with Crippen LogP contribution in [0.2, 0.25) is 0 Å². The van der Waals surface area contributed by atoms with Gasteiger partial charge >= 0.3 is 5.97 Å². The molecule has 0 amide bonds. The highest BCUT2D eigenvalue weighted by Gasteiger charge is 2.15. The number of fused-ring (bicyclic) bond motifs is 1. The molecule has 0 unspecified atom stereocenters. The minimum absolute atomic E-state index is 0.0450. The van der Waals surface area contributed by atoms with Gasteiger partial charge in [0, 0.05) is 24.1 Å². The highest BCUT2D eigenvalue weighted by Crippen LogP contribution is 2.28. The number of hydrogen-bond acceptors (Lipinski definition) is 1. The molecule has 1 aromatic heterocycles. The lowest BCUT2D eigenvalue weighted by Crippen LogP contribution is -2.02. The third-order valence-corrected chi connectivity index (χ3v) is 2.94. The number of hydrogen-bond donors (Lipinski definition) is 1. The first-order chi connectivity index (χ1) is 7.59. The highest BCUT2D eigenvalue weighted by molar-refractivity contribution is 5.85. The van der Waals surface area contributed by atoms with Gasteiger partial charge in [0.2, 0.25) is 0 Å². The van der Waals surface area contributed by atoms with E-state index in [0.717, 1.165) is 16.5 Å². The Balaban J connectivity index is 2.48. The fraction of sp³-hybridized carbons (Fsp3) is 0.308. The predicted molar refractivity (Wildman–Crippen MR) is 63.6 cm³/mol. The van der Waals surface area contributed by atoms with Crippen molar-refractivity contribution in [3.05, 3.63) is 36.0 Å².